The number of aromatic nitrogens is 3. The van der Waals surface area contributed by atoms with Crippen molar-refractivity contribution >= 4 is 28.1 Å². The molecule has 2 heterocycles. The van der Waals surface area contributed by atoms with E-state index < -0.39 is 0 Å². The summed E-state index contributed by atoms with van der Waals surface area (Å²) in [6, 6.07) is 8.27. The summed E-state index contributed by atoms with van der Waals surface area (Å²) in [6.07, 6.45) is 0.780. The predicted molar refractivity (Wildman–Crippen MR) is 92.6 cm³/mol. The Morgan fingerprint density at radius 3 is 2.91 bits per heavy atom. The van der Waals surface area contributed by atoms with E-state index in [-0.39, 0.29) is 16.6 Å². The van der Waals surface area contributed by atoms with Gasteiger partial charge < -0.3 is 0 Å². The van der Waals surface area contributed by atoms with Gasteiger partial charge in [0.15, 0.2) is 0 Å². The van der Waals surface area contributed by atoms with Gasteiger partial charge in [0.2, 0.25) is 4.96 Å². The Balaban J connectivity index is 1.79. The molecule has 23 heavy (non-hydrogen) atoms. The van der Waals surface area contributed by atoms with Gasteiger partial charge in [0.25, 0.3) is 5.56 Å². The van der Waals surface area contributed by atoms with E-state index >= 15 is 0 Å². The number of nitrogens with zero attached hydrogens (tertiary/aromatic N) is 3. The van der Waals surface area contributed by atoms with Gasteiger partial charge in [-0.1, -0.05) is 36.5 Å². The number of thioether (sulfide) groups is 1. The number of hydrogen-bond donors (Lipinski definition) is 0. The van der Waals surface area contributed by atoms with Gasteiger partial charge in [0.1, 0.15) is 10.8 Å². The van der Waals surface area contributed by atoms with Crippen LogP contribution in [0.2, 0.25) is 0 Å². The molecule has 0 N–H and O–H groups in total. The monoisotopic (exact) mass is 349 g/mol. The second-order valence-electron chi connectivity index (χ2n) is 5.10. The van der Waals surface area contributed by atoms with Crippen molar-refractivity contribution in [2.24, 2.45) is 0 Å². The Bertz CT molecular complexity index is 890. The number of rotatable bonds is 5. The number of benzene rings is 1. The van der Waals surface area contributed by atoms with Gasteiger partial charge in [-0.15, -0.1) is 11.8 Å². The molecule has 0 amide bonds. The molecule has 0 saturated heterocycles. The lowest BCUT2D eigenvalue weighted by molar-refractivity contribution is 0.611. The average molecular weight is 349 g/mol. The van der Waals surface area contributed by atoms with Crippen molar-refractivity contribution < 1.29 is 4.39 Å². The first-order valence-corrected chi connectivity index (χ1v) is 9.19. The minimum Gasteiger partial charge on any atom is -0.267 e. The highest BCUT2D eigenvalue weighted by atomic mass is 32.2. The van der Waals surface area contributed by atoms with Gasteiger partial charge in [0.05, 0.1) is 5.69 Å². The van der Waals surface area contributed by atoms with Crippen molar-refractivity contribution in [2.45, 2.75) is 31.3 Å². The van der Waals surface area contributed by atoms with Gasteiger partial charge in [-0.05, 0) is 19.4 Å². The quantitative estimate of drug-likeness (QED) is 0.702. The molecule has 2 aromatic heterocycles. The summed E-state index contributed by atoms with van der Waals surface area (Å²) in [7, 11) is 0. The molecule has 1 aromatic carbocycles. The molecule has 0 unspecified atom stereocenters. The summed E-state index contributed by atoms with van der Waals surface area (Å²) in [5, 5.41) is 5.11. The van der Waals surface area contributed by atoms with Crippen molar-refractivity contribution in [3.8, 4) is 0 Å². The fourth-order valence-corrected chi connectivity index (χ4v) is 4.01. The van der Waals surface area contributed by atoms with E-state index in [1.165, 1.54) is 28.0 Å². The van der Waals surface area contributed by atoms with Crippen molar-refractivity contribution in [3.63, 3.8) is 0 Å². The molecule has 3 aromatic rings. The molecule has 7 heteroatoms. The van der Waals surface area contributed by atoms with Crippen LogP contribution in [0, 0.1) is 5.82 Å². The molecular formula is C16H16FN3OS2. The summed E-state index contributed by atoms with van der Waals surface area (Å²) in [6.45, 7) is 3.95. The largest absolute Gasteiger partial charge is 0.275 e. The zero-order chi connectivity index (χ0) is 16.4. The van der Waals surface area contributed by atoms with Crippen LogP contribution in [0.15, 0.2) is 35.1 Å². The molecule has 1 atom stereocenters. The Morgan fingerprint density at radius 2 is 2.17 bits per heavy atom. The van der Waals surface area contributed by atoms with Gasteiger partial charge in [0, 0.05) is 22.6 Å². The minimum atomic E-state index is -0.203. The maximum absolute atomic E-state index is 13.8. The zero-order valence-electron chi connectivity index (χ0n) is 12.8. The van der Waals surface area contributed by atoms with E-state index in [4.69, 9.17) is 0 Å². The zero-order valence-corrected chi connectivity index (χ0v) is 14.5. The second-order valence-corrected chi connectivity index (χ2v) is 7.47. The van der Waals surface area contributed by atoms with Crippen LogP contribution in [-0.4, -0.2) is 14.6 Å². The Hall–Kier alpha value is -1.73. The van der Waals surface area contributed by atoms with E-state index in [1.807, 2.05) is 19.9 Å². The van der Waals surface area contributed by atoms with E-state index in [0.717, 1.165) is 11.4 Å². The molecule has 0 fully saturated rings. The standard InChI is InChI=1S/C16H16FN3OS2/c1-3-14-19-20-15(21)8-11(18-16(20)23-14)9-22-10(2)12-6-4-5-7-13(12)17/h4-8,10H,3,9H2,1-2H3/t10-/m0/s1. The number of hydrogen-bond acceptors (Lipinski definition) is 5. The molecule has 4 nitrogen and oxygen atoms in total. The highest BCUT2D eigenvalue weighted by Crippen LogP contribution is 2.32. The van der Waals surface area contributed by atoms with Crippen LogP contribution in [0.3, 0.4) is 0 Å². The normalized spacial score (nSPS) is 12.7. The van der Waals surface area contributed by atoms with Crippen molar-refractivity contribution in [2.75, 3.05) is 0 Å². The van der Waals surface area contributed by atoms with E-state index in [2.05, 4.69) is 10.1 Å². The van der Waals surface area contributed by atoms with Gasteiger partial charge in [-0.25, -0.2) is 9.37 Å². The van der Waals surface area contributed by atoms with E-state index in [1.54, 1.807) is 23.9 Å². The van der Waals surface area contributed by atoms with E-state index in [9.17, 15) is 9.18 Å². The Kier molecular flexibility index (Phi) is 4.77. The molecule has 0 saturated carbocycles. The summed E-state index contributed by atoms with van der Waals surface area (Å²) >= 11 is 2.99. The van der Waals surface area contributed by atoms with Crippen molar-refractivity contribution in [1.29, 1.82) is 0 Å². The molecular weight excluding hydrogens is 333 g/mol. The first-order chi connectivity index (χ1) is 11.1. The molecule has 0 radical (unpaired) electrons. The Morgan fingerprint density at radius 1 is 1.39 bits per heavy atom. The summed E-state index contributed by atoms with van der Waals surface area (Å²) in [5.41, 5.74) is 1.20. The fourth-order valence-electron chi connectivity index (χ4n) is 2.22. The van der Waals surface area contributed by atoms with Gasteiger partial charge >= 0.3 is 0 Å². The summed E-state index contributed by atoms with van der Waals surface area (Å²) in [4.78, 5) is 17.2. The van der Waals surface area contributed by atoms with Gasteiger partial charge in [-0.2, -0.15) is 9.61 Å². The van der Waals surface area contributed by atoms with Gasteiger partial charge in [-0.3, -0.25) is 4.79 Å². The Labute approximate surface area is 141 Å². The second kappa shape index (κ2) is 6.80. The number of halogens is 1. The topological polar surface area (TPSA) is 47.3 Å². The van der Waals surface area contributed by atoms with Crippen molar-refractivity contribution in [1.82, 2.24) is 14.6 Å². The molecule has 0 aliphatic heterocycles. The third kappa shape index (κ3) is 3.45. The summed E-state index contributed by atoms with van der Waals surface area (Å²) < 4.78 is 15.1. The SMILES string of the molecule is CCc1nn2c(=O)cc(CS[C@@H](C)c3ccccc3F)nc2s1. The van der Waals surface area contributed by atoms with Crippen LogP contribution in [0.1, 0.15) is 35.4 Å². The predicted octanol–water partition coefficient (Wildman–Crippen LogP) is 3.85. The van der Waals surface area contributed by atoms with Crippen LogP contribution < -0.4 is 5.56 Å². The first-order valence-electron chi connectivity index (χ1n) is 7.33. The lowest BCUT2D eigenvalue weighted by Gasteiger charge is -2.12. The molecule has 0 aliphatic carbocycles. The van der Waals surface area contributed by atoms with E-state index in [0.29, 0.717) is 22.0 Å². The number of aryl methyl sites for hydroxylation is 1. The third-order valence-corrected chi connectivity index (χ3v) is 5.74. The number of fused-ring (bicyclic) bond motifs is 1. The lowest BCUT2D eigenvalue weighted by atomic mass is 10.1. The molecule has 0 aliphatic rings. The maximum atomic E-state index is 13.8. The smallest absolute Gasteiger partial charge is 0.267 e. The van der Waals surface area contributed by atoms with Crippen LogP contribution in [0.5, 0.6) is 0 Å². The highest BCUT2D eigenvalue weighted by Gasteiger charge is 2.13. The van der Waals surface area contributed by atoms with Crippen LogP contribution in [-0.2, 0) is 12.2 Å². The average Bonchev–Trinajstić information content (AvgIpc) is 2.97. The molecule has 120 valence electrons. The van der Waals surface area contributed by atoms with Crippen LogP contribution in [0.25, 0.3) is 4.96 Å². The molecule has 3 rings (SSSR count). The highest BCUT2D eigenvalue weighted by molar-refractivity contribution is 7.98. The lowest BCUT2D eigenvalue weighted by Crippen LogP contribution is -2.15. The van der Waals surface area contributed by atoms with Crippen molar-refractivity contribution in [3.05, 3.63) is 62.8 Å². The molecule has 0 spiro atoms. The maximum Gasteiger partial charge on any atom is 0.275 e. The van der Waals surface area contributed by atoms with Crippen LogP contribution >= 0.6 is 23.1 Å². The fraction of sp³-hybridized carbons (Fsp3) is 0.312. The first kappa shape index (κ1) is 16.1. The van der Waals surface area contributed by atoms with Crippen LogP contribution in [0.4, 0.5) is 4.39 Å². The third-order valence-electron chi connectivity index (χ3n) is 3.47. The summed E-state index contributed by atoms with van der Waals surface area (Å²) in [5.74, 6) is 0.353. The molecule has 0 bridgehead atoms. The minimum absolute atomic E-state index is 0.0101.